The van der Waals surface area contributed by atoms with Crippen LogP contribution in [0.4, 0.5) is 0 Å². The number of carbonyl (C=O) groups is 1. The van der Waals surface area contributed by atoms with Crippen LogP contribution in [0.5, 0.6) is 0 Å². The van der Waals surface area contributed by atoms with Crippen molar-refractivity contribution in [3.8, 4) is 11.4 Å². The fraction of sp³-hybridized carbons (Fsp3) is 0.526. The molecule has 1 spiro atoms. The topological polar surface area (TPSA) is 71.3 Å². The number of halogens is 1. The summed E-state index contributed by atoms with van der Waals surface area (Å²) in [5.41, 5.74) is 1.28. The van der Waals surface area contributed by atoms with Gasteiger partial charge in [0.2, 0.25) is 17.6 Å². The molecule has 1 aromatic heterocycles. The zero-order valence-electron chi connectivity index (χ0n) is 14.7. The van der Waals surface area contributed by atoms with Gasteiger partial charge < -0.3 is 14.7 Å². The third-order valence-electron chi connectivity index (χ3n) is 5.63. The van der Waals surface area contributed by atoms with Crippen molar-refractivity contribution in [2.75, 3.05) is 26.2 Å². The van der Waals surface area contributed by atoms with Crippen LogP contribution >= 0.6 is 11.6 Å². The Morgan fingerprint density at radius 1 is 1.23 bits per heavy atom. The summed E-state index contributed by atoms with van der Waals surface area (Å²) in [6.45, 7) is 3.94. The highest BCUT2D eigenvalue weighted by molar-refractivity contribution is 6.30. The van der Waals surface area contributed by atoms with Crippen molar-refractivity contribution in [1.82, 2.24) is 20.4 Å². The number of nitrogens with one attached hydrogen (secondary N) is 1. The van der Waals surface area contributed by atoms with Crippen molar-refractivity contribution in [3.63, 3.8) is 0 Å². The smallest absolute Gasteiger partial charge is 0.227 e. The fourth-order valence-corrected chi connectivity index (χ4v) is 4.02. The summed E-state index contributed by atoms with van der Waals surface area (Å²) in [6, 6.07) is 7.28. The Hall–Kier alpha value is -1.92. The number of aryl methyl sites for hydroxylation is 1. The van der Waals surface area contributed by atoms with Crippen molar-refractivity contribution >= 4 is 17.5 Å². The minimum Gasteiger partial charge on any atom is -0.343 e. The van der Waals surface area contributed by atoms with Crippen LogP contribution in [0.25, 0.3) is 11.4 Å². The molecule has 3 heterocycles. The monoisotopic (exact) mass is 374 g/mol. The molecule has 4 rings (SSSR count). The van der Waals surface area contributed by atoms with E-state index in [1.165, 1.54) is 6.42 Å². The Labute approximate surface area is 157 Å². The van der Waals surface area contributed by atoms with Crippen LogP contribution < -0.4 is 5.32 Å². The molecule has 26 heavy (non-hydrogen) atoms. The second-order valence-electron chi connectivity index (χ2n) is 7.33. The fourth-order valence-electron chi connectivity index (χ4n) is 3.90. The predicted octanol–water partition coefficient (Wildman–Crippen LogP) is 2.92. The molecule has 2 aliphatic rings. The Morgan fingerprint density at radius 2 is 2.00 bits per heavy atom. The van der Waals surface area contributed by atoms with Gasteiger partial charge in [0, 0.05) is 43.1 Å². The molecule has 6 nitrogen and oxygen atoms in total. The van der Waals surface area contributed by atoms with E-state index in [1.807, 2.05) is 17.0 Å². The summed E-state index contributed by atoms with van der Waals surface area (Å²) in [5.74, 6) is 1.20. The molecular weight excluding hydrogens is 352 g/mol. The van der Waals surface area contributed by atoms with E-state index in [9.17, 15) is 4.79 Å². The van der Waals surface area contributed by atoms with E-state index in [4.69, 9.17) is 16.1 Å². The van der Waals surface area contributed by atoms with E-state index in [0.29, 0.717) is 35.0 Å². The molecule has 7 heteroatoms. The Kier molecular flexibility index (Phi) is 4.96. The minimum atomic E-state index is 0.178. The molecule has 2 aromatic rings. The number of rotatable bonds is 4. The van der Waals surface area contributed by atoms with Crippen LogP contribution in [-0.4, -0.2) is 47.1 Å². The lowest BCUT2D eigenvalue weighted by Gasteiger charge is -2.38. The van der Waals surface area contributed by atoms with E-state index >= 15 is 0 Å². The van der Waals surface area contributed by atoms with Gasteiger partial charge in [0.05, 0.1) is 0 Å². The quantitative estimate of drug-likeness (QED) is 0.890. The van der Waals surface area contributed by atoms with E-state index < -0.39 is 0 Å². The normalized spacial score (nSPS) is 19.2. The lowest BCUT2D eigenvalue weighted by molar-refractivity contribution is -0.133. The molecular formula is C19H23ClN4O2. The lowest BCUT2D eigenvalue weighted by Crippen LogP contribution is -2.44. The molecule has 2 fully saturated rings. The Balaban J connectivity index is 1.29. The van der Waals surface area contributed by atoms with Crippen LogP contribution in [0.15, 0.2) is 28.8 Å². The third-order valence-corrected chi connectivity index (χ3v) is 5.88. The van der Waals surface area contributed by atoms with Gasteiger partial charge in [-0.3, -0.25) is 4.79 Å². The van der Waals surface area contributed by atoms with Gasteiger partial charge in [-0.2, -0.15) is 4.98 Å². The minimum absolute atomic E-state index is 0.178. The van der Waals surface area contributed by atoms with Gasteiger partial charge in [-0.15, -0.1) is 0 Å². The molecule has 138 valence electrons. The first-order valence-corrected chi connectivity index (χ1v) is 9.58. The number of likely N-dealkylation sites (tertiary alicyclic amines) is 1. The molecule has 0 saturated carbocycles. The third kappa shape index (κ3) is 3.76. The number of hydrogen-bond donors (Lipinski definition) is 1. The van der Waals surface area contributed by atoms with Gasteiger partial charge >= 0.3 is 0 Å². The highest BCUT2D eigenvalue weighted by Crippen LogP contribution is 2.37. The molecule has 0 aliphatic carbocycles. The molecule has 2 aliphatic heterocycles. The van der Waals surface area contributed by atoms with Gasteiger partial charge in [-0.1, -0.05) is 16.8 Å². The first kappa shape index (κ1) is 17.5. The van der Waals surface area contributed by atoms with E-state index in [2.05, 4.69) is 15.5 Å². The molecule has 2 saturated heterocycles. The Bertz CT molecular complexity index is 758. The average Bonchev–Trinajstić information content (AvgIpc) is 3.31. The summed E-state index contributed by atoms with van der Waals surface area (Å²) < 4.78 is 5.29. The number of amides is 1. The maximum atomic E-state index is 12.5. The summed E-state index contributed by atoms with van der Waals surface area (Å²) in [4.78, 5) is 18.9. The maximum Gasteiger partial charge on any atom is 0.227 e. The maximum absolute atomic E-state index is 12.5. The average molecular weight is 375 g/mol. The van der Waals surface area contributed by atoms with Crippen LogP contribution in [0.1, 0.15) is 31.6 Å². The summed E-state index contributed by atoms with van der Waals surface area (Å²) in [6.07, 6.45) is 4.33. The number of nitrogens with zero attached hydrogens (tertiary/aromatic N) is 3. The van der Waals surface area contributed by atoms with Crippen LogP contribution in [0.2, 0.25) is 5.02 Å². The van der Waals surface area contributed by atoms with Crippen molar-refractivity contribution in [3.05, 3.63) is 35.2 Å². The molecule has 0 atom stereocenters. The molecule has 1 N–H and O–H groups in total. The second-order valence-corrected chi connectivity index (χ2v) is 7.76. The van der Waals surface area contributed by atoms with Gasteiger partial charge in [0.25, 0.3) is 0 Å². The van der Waals surface area contributed by atoms with Crippen molar-refractivity contribution in [2.45, 2.75) is 32.1 Å². The number of aromatic nitrogens is 2. The van der Waals surface area contributed by atoms with E-state index in [1.54, 1.807) is 12.1 Å². The van der Waals surface area contributed by atoms with Crippen LogP contribution in [-0.2, 0) is 11.2 Å². The SMILES string of the molecule is O=C(CCc1nc(-c2ccc(Cl)cc2)no1)N1CCC2(CCNC2)CC1. The first-order chi connectivity index (χ1) is 12.6. The largest absolute Gasteiger partial charge is 0.343 e. The zero-order valence-corrected chi connectivity index (χ0v) is 15.5. The van der Waals surface area contributed by atoms with Gasteiger partial charge in [-0.25, -0.2) is 0 Å². The van der Waals surface area contributed by atoms with Crippen molar-refractivity contribution in [2.24, 2.45) is 5.41 Å². The van der Waals surface area contributed by atoms with Gasteiger partial charge in [-0.05, 0) is 55.5 Å². The standard InChI is InChI=1S/C19H23ClN4O2/c20-15-3-1-14(2-4-15)18-22-16(26-23-18)5-6-17(25)24-11-8-19(9-12-24)7-10-21-13-19/h1-4,21H,5-13H2. The van der Waals surface area contributed by atoms with E-state index in [0.717, 1.165) is 44.6 Å². The predicted molar refractivity (Wildman–Crippen MR) is 98.8 cm³/mol. The molecule has 0 radical (unpaired) electrons. The van der Waals surface area contributed by atoms with E-state index in [-0.39, 0.29) is 5.91 Å². The van der Waals surface area contributed by atoms with Crippen molar-refractivity contribution < 1.29 is 9.32 Å². The lowest BCUT2D eigenvalue weighted by atomic mass is 9.78. The highest BCUT2D eigenvalue weighted by Gasteiger charge is 2.37. The highest BCUT2D eigenvalue weighted by atomic mass is 35.5. The molecule has 1 amide bonds. The van der Waals surface area contributed by atoms with Crippen LogP contribution in [0, 0.1) is 5.41 Å². The summed E-state index contributed by atoms with van der Waals surface area (Å²) in [7, 11) is 0. The molecule has 1 aromatic carbocycles. The zero-order chi connectivity index (χ0) is 18.0. The number of hydrogen-bond acceptors (Lipinski definition) is 5. The number of piperidine rings is 1. The number of benzene rings is 1. The summed E-state index contributed by atoms with van der Waals surface area (Å²) >= 11 is 5.89. The Morgan fingerprint density at radius 3 is 2.69 bits per heavy atom. The molecule has 0 bridgehead atoms. The van der Waals surface area contributed by atoms with Crippen molar-refractivity contribution in [1.29, 1.82) is 0 Å². The van der Waals surface area contributed by atoms with Gasteiger partial charge in [0.15, 0.2) is 0 Å². The number of carbonyl (C=O) groups excluding carboxylic acids is 1. The van der Waals surface area contributed by atoms with Crippen LogP contribution in [0.3, 0.4) is 0 Å². The molecule has 0 unspecified atom stereocenters. The summed E-state index contributed by atoms with van der Waals surface area (Å²) in [5, 5.41) is 8.11. The van der Waals surface area contributed by atoms with Gasteiger partial charge in [0.1, 0.15) is 0 Å². The first-order valence-electron chi connectivity index (χ1n) is 9.21. The second kappa shape index (κ2) is 7.37.